The Morgan fingerprint density at radius 3 is 2.05 bits per heavy atom. The molecule has 0 bridgehead atoms. The van der Waals surface area contributed by atoms with Crippen molar-refractivity contribution in [2.24, 2.45) is 5.41 Å². The van der Waals surface area contributed by atoms with Crippen LogP contribution in [-0.4, -0.2) is 5.71 Å². The number of hydrogen-bond donors (Lipinski definition) is 1. The van der Waals surface area contributed by atoms with Gasteiger partial charge in [0.15, 0.2) is 0 Å². The van der Waals surface area contributed by atoms with E-state index < -0.39 is 0 Å². The van der Waals surface area contributed by atoms with E-state index in [0.717, 1.165) is 5.56 Å². The molecule has 0 aliphatic rings. The van der Waals surface area contributed by atoms with Gasteiger partial charge in [0, 0.05) is 5.71 Å². The normalized spacial score (nSPS) is 12.5. The molecule has 0 radical (unpaired) electrons. The van der Waals surface area contributed by atoms with Gasteiger partial charge in [-0.1, -0.05) is 78.1 Å². The number of benzene rings is 1. The van der Waals surface area contributed by atoms with E-state index in [9.17, 15) is 0 Å². The predicted molar refractivity (Wildman–Crippen MR) is 94.5 cm³/mol. The lowest BCUT2D eigenvalue weighted by atomic mass is 9.69. The van der Waals surface area contributed by atoms with Gasteiger partial charge in [-0.15, -0.1) is 0 Å². The zero-order valence-corrected chi connectivity index (χ0v) is 14.8. The minimum absolute atomic E-state index is 0.185. The molecular formula is C20H33N. The molecule has 0 aromatic heterocycles. The van der Waals surface area contributed by atoms with Gasteiger partial charge in [-0.25, -0.2) is 0 Å². The zero-order valence-electron chi connectivity index (χ0n) is 14.8. The molecule has 1 nitrogen and oxygen atoms in total. The Kier molecular flexibility index (Phi) is 6.19. The van der Waals surface area contributed by atoms with Crippen molar-refractivity contribution in [1.82, 2.24) is 0 Å². The van der Waals surface area contributed by atoms with Crippen molar-refractivity contribution in [3.05, 3.63) is 35.4 Å². The molecule has 0 saturated carbocycles. The van der Waals surface area contributed by atoms with Crippen LogP contribution in [0.25, 0.3) is 0 Å². The van der Waals surface area contributed by atoms with Gasteiger partial charge in [-0.2, -0.15) is 0 Å². The predicted octanol–water partition coefficient (Wildman–Crippen LogP) is 6.35. The lowest BCUT2D eigenvalue weighted by molar-refractivity contribution is 0.232. The number of unbranched alkanes of at least 4 members (excludes halogenated alkanes) is 2. The maximum atomic E-state index is 7.70. The number of hydrogen-bond acceptors (Lipinski definition) is 1. The van der Waals surface area contributed by atoms with Gasteiger partial charge < -0.3 is 5.41 Å². The summed E-state index contributed by atoms with van der Waals surface area (Å²) in [7, 11) is 0. The molecule has 1 heteroatoms. The molecule has 0 aliphatic heterocycles. The minimum Gasteiger partial charge on any atom is -0.305 e. The molecule has 0 spiro atoms. The summed E-state index contributed by atoms with van der Waals surface area (Å²) in [4.78, 5) is 0. The van der Waals surface area contributed by atoms with Crippen LogP contribution in [0.15, 0.2) is 24.3 Å². The highest BCUT2D eigenvalue weighted by Crippen LogP contribution is 2.39. The largest absolute Gasteiger partial charge is 0.305 e. The van der Waals surface area contributed by atoms with Crippen molar-refractivity contribution in [1.29, 1.82) is 5.41 Å². The van der Waals surface area contributed by atoms with Gasteiger partial charge in [-0.3, -0.25) is 0 Å². The molecule has 21 heavy (non-hydrogen) atoms. The van der Waals surface area contributed by atoms with Gasteiger partial charge in [-0.05, 0) is 41.7 Å². The molecule has 1 rings (SSSR count). The standard InChI is InChI=1S/C20H33N/c1-7-8-9-14-19(3,4)15-20(5,6)18-12-10-17(11-13-18)16(2)21/h10-13,21H,7-9,14-15H2,1-6H3. The summed E-state index contributed by atoms with van der Waals surface area (Å²) < 4.78 is 0. The molecule has 1 aromatic rings. The van der Waals surface area contributed by atoms with Crippen LogP contribution in [0.2, 0.25) is 0 Å². The Labute approximate surface area is 131 Å². The molecule has 0 unspecified atom stereocenters. The summed E-state index contributed by atoms with van der Waals surface area (Å²) >= 11 is 0. The molecular weight excluding hydrogens is 254 g/mol. The topological polar surface area (TPSA) is 23.9 Å². The maximum Gasteiger partial charge on any atom is 0.0355 e. The monoisotopic (exact) mass is 287 g/mol. The van der Waals surface area contributed by atoms with Crippen molar-refractivity contribution in [3.63, 3.8) is 0 Å². The second-order valence-electron chi connectivity index (χ2n) is 7.88. The van der Waals surface area contributed by atoms with Crippen LogP contribution in [0.3, 0.4) is 0 Å². The van der Waals surface area contributed by atoms with Gasteiger partial charge in [0.1, 0.15) is 0 Å². The fourth-order valence-corrected chi connectivity index (χ4v) is 3.41. The summed E-state index contributed by atoms with van der Waals surface area (Å²) in [6.45, 7) is 13.6. The summed E-state index contributed by atoms with van der Waals surface area (Å²) in [5.41, 5.74) is 3.62. The van der Waals surface area contributed by atoms with Crippen molar-refractivity contribution in [2.45, 2.75) is 79.1 Å². The number of nitrogens with one attached hydrogen (secondary N) is 1. The highest BCUT2D eigenvalue weighted by Gasteiger charge is 2.29. The second-order valence-corrected chi connectivity index (χ2v) is 7.88. The maximum absolute atomic E-state index is 7.70. The average Bonchev–Trinajstić information content (AvgIpc) is 2.37. The highest BCUT2D eigenvalue weighted by atomic mass is 14.4. The van der Waals surface area contributed by atoms with Gasteiger partial charge in [0.25, 0.3) is 0 Å². The van der Waals surface area contributed by atoms with Crippen LogP contribution in [0, 0.1) is 10.8 Å². The van der Waals surface area contributed by atoms with E-state index in [4.69, 9.17) is 5.41 Å². The first-order chi connectivity index (χ1) is 9.68. The first kappa shape index (κ1) is 17.9. The third-order valence-electron chi connectivity index (χ3n) is 4.48. The van der Waals surface area contributed by atoms with Gasteiger partial charge in [0.2, 0.25) is 0 Å². The van der Waals surface area contributed by atoms with Gasteiger partial charge in [0.05, 0.1) is 0 Å². The molecule has 0 heterocycles. The summed E-state index contributed by atoms with van der Waals surface area (Å²) in [5.74, 6) is 0. The van der Waals surface area contributed by atoms with Crippen LogP contribution < -0.4 is 0 Å². The van der Waals surface area contributed by atoms with E-state index in [1.165, 1.54) is 37.7 Å². The van der Waals surface area contributed by atoms with Crippen LogP contribution in [0.4, 0.5) is 0 Å². The van der Waals surface area contributed by atoms with Crippen LogP contribution in [-0.2, 0) is 5.41 Å². The van der Waals surface area contributed by atoms with Crippen LogP contribution in [0.5, 0.6) is 0 Å². The minimum atomic E-state index is 0.185. The van der Waals surface area contributed by atoms with Crippen LogP contribution >= 0.6 is 0 Å². The smallest absolute Gasteiger partial charge is 0.0355 e. The molecule has 0 fully saturated rings. The molecule has 0 aliphatic carbocycles. The first-order valence-corrected chi connectivity index (χ1v) is 8.34. The van der Waals surface area contributed by atoms with E-state index in [1.807, 2.05) is 6.92 Å². The molecule has 1 aromatic carbocycles. The van der Waals surface area contributed by atoms with Crippen molar-refractivity contribution in [3.8, 4) is 0 Å². The van der Waals surface area contributed by atoms with Crippen molar-refractivity contribution < 1.29 is 0 Å². The fraction of sp³-hybridized carbons (Fsp3) is 0.650. The third kappa shape index (κ3) is 5.65. The molecule has 118 valence electrons. The van der Waals surface area contributed by atoms with E-state index in [1.54, 1.807) is 0 Å². The molecule has 0 atom stereocenters. The second kappa shape index (κ2) is 7.24. The zero-order chi connectivity index (χ0) is 16.1. The van der Waals surface area contributed by atoms with Crippen molar-refractivity contribution >= 4 is 5.71 Å². The van der Waals surface area contributed by atoms with E-state index in [2.05, 4.69) is 58.9 Å². The average molecular weight is 287 g/mol. The molecule has 0 amide bonds. The Hall–Kier alpha value is -1.11. The summed E-state index contributed by atoms with van der Waals surface area (Å²) in [6.07, 6.45) is 6.49. The van der Waals surface area contributed by atoms with Crippen molar-refractivity contribution in [2.75, 3.05) is 0 Å². The Bertz CT molecular complexity index is 451. The SMILES string of the molecule is CCCCCC(C)(C)CC(C)(C)c1ccc(C(C)=N)cc1. The quantitative estimate of drug-likeness (QED) is 0.425. The summed E-state index contributed by atoms with van der Waals surface area (Å²) in [6, 6.07) is 8.58. The van der Waals surface area contributed by atoms with Gasteiger partial charge >= 0.3 is 0 Å². The van der Waals surface area contributed by atoms with E-state index in [-0.39, 0.29) is 5.41 Å². The Morgan fingerprint density at radius 1 is 1.00 bits per heavy atom. The Balaban J connectivity index is 2.77. The highest BCUT2D eigenvalue weighted by molar-refractivity contribution is 5.96. The van der Waals surface area contributed by atoms with E-state index >= 15 is 0 Å². The number of rotatable bonds is 8. The Morgan fingerprint density at radius 2 is 1.57 bits per heavy atom. The summed E-state index contributed by atoms with van der Waals surface area (Å²) in [5, 5.41) is 7.70. The lowest BCUT2D eigenvalue weighted by Crippen LogP contribution is -2.26. The lowest BCUT2D eigenvalue weighted by Gasteiger charge is -2.35. The first-order valence-electron chi connectivity index (χ1n) is 8.34. The van der Waals surface area contributed by atoms with Crippen LogP contribution in [0.1, 0.15) is 84.8 Å². The fourth-order valence-electron chi connectivity index (χ4n) is 3.41. The third-order valence-corrected chi connectivity index (χ3v) is 4.48. The van der Waals surface area contributed by atoms with E-state index in [0.29, 0.717) is 11.1 Å². The molecule has 0 saturated heterocycles. The molecule has 1 N–H and O–H groups in total.